The molecular formula is C26H25ClN2O3. The van der Waals surface area contributed by atoms with E-state index in [2.05, 4.69) is 17.1 Å². The number of aryl methyl sites for hydroxylation is 1. The van der Waals surface area contributed by atoms with Gasteiger partial charge in [-0.25, -0.2) is 0 Å². The number of ether oxygens (including phenoxy) is 1. The number of fused-ring (bicyclic) bond motifs is 2. The molecule has 0 unspecified atom stereocenters. The maximum atomic E-state index is 11.5. The number of aliphatic hydroxyl groups excluding tert-OH is 1. The molecule has 0 atom stereocenters. The molecule has 0 spiro atoms. The molecule has 1 aromatic heterocycles. The molecule has 1 aliphatic rings. The number of aromatic nitrogens is 1. The van der Waals surface area contributed by atoms with Crippen LogP contribution in [0.25, 0.3) is 22.0 Å². The Labute approximate surface area is 191 Å². The van der Waals surface area contributed by atoms with Crippen LogP contribution in [0.15, 0.2) is 66.9 Å². The number of benzene rings is 3. The van der Waals surface area contributed by atoms with Gasteiger partial charge in [0.15, 0.2) is 0 Å². The number of nitrogens with one attached hydrogen (secondary N) is 1. The molecule has 6 heteroatoms. The first kappa shape index (κ1) is 21.9. The number of aliphatic hydroxyl groups is 1. The predicted molar refractivity (Wildman–Crippen MR) is 128 cm³/mol. The van der Waals surface area contributed by atoms with Gasteiger partial charge in [-0.15, -0.1) is 0 Å². The van der Waals surface area contributed by atoms with Crippen molar-refractivity contribution in [3.05, 3.63) is 88.6 Å². The number of hydrogen-bond donors (Lipinski definition) is 3. The van der Waals surface area contributed by atoms with Crippen LogP contribution in [0.2, 0.25) is 5.02 Å². The Morgan fingerprint density at radius 3 is 2.62 bits per heavy atom. The molecular weight excluding hydrogens is 424 g/mol. The van der Waals surface area contributed by atoms with E-state index in [9.17, 15) is 4.79 Å². The number of hydrogen-bond acceptors (Lipinski definition) is 3. The molecule has 0 saturated heterocycles. The Morgan fingerprint density at radius 2 is 1.88 bits per heavy atom. The number of para-hydroxylation sites is 1. The highest BCUT2D eigenvalue weighted by atomic mass is 35.5. The second-order valence-electron chi connectivity index (χ2n) is 7.67. The molecule has 0 fully saturated rings. The summed E-state index contributed by atoms with van der Waals surface area (Å²) in [6.45, 7) is 0.860. The maximum Gasteiger partial charge on any atom is 0.252 e. The zero-order valence-corrected chi connectivity index (χ0v) is 18.4. The molecule has 2 heterocycles. The van der Waals surface area contributed by atoms with Crippen LogP contribution in [0.5, 0.6) is 5.75 Å². The Hall–Kier alpha value is -3.28. The van der Waals surface area contributed by atoms with Crippen molar-refractivity contribution in [1.29, 1.82) is 0 Å². The molecule has 32 heavy (non-hydrogen) atoms. The molecule has 4 aromatic rings. The number of H-pyrrole nitrogens is 1. The van der Waals surface area contributed by atoms with Gasteiger partial charge in [0.25, 0.3) is 5.91 Å². The van der Waals surface area contributed by atoms with Crippen LogP contribution in [0.4, 0.5) is 0 Å². The van der Waals surface area contributed by atoms with E-state index in [4.69, 9.17) is 27.2 Å². The van der Waals surface area contributed by atoms with E-state index >= 15 is 0 Å². The zero-order chi connectivity index (χ0) is 22.5. The molecule has 0 bridgehead atoms. The van der Waals surface area contributed by atoms with Gasteiger partial charge in [0.05, 0.1) is 12.2 Å². The second-order valence-corrected chi connectivity index (χ2v) is 8.10. The molecule has 5 nitrogen and oxygen atoms in total. The van der Waals surface area contributed by atoms with Crippen molar-refractivity contribution in [3.8, 4) is 16.9 Å². The predicted octanol–water partition coefficient (Wildman–Crippen LogP) is 5.13. The van der Waals surface area contributed by atoms with Gasteiger partial charge in [0.1, 0.15) is 5.75 Å². The number of rotatable bonds is 5. The number of aromatic amines is 1. The summed E-state index contributed by atoms with van der Waals surface area (Å²) in [5, 5.41) is 10.7. The molecule has 0 aliphatic carbocycles. The number of carbonyl (C=O) groups is 1. The zero-order valence-electron chi connectivity index (χ0n) is 17.6. The first-order valence-corrected chi connectivity index (χ1v) is 11.0. The van der Waals surface area contributed by atoms with E-state index < -0.39 is 5.91 Å². The number of halogens is 1. The summed E-state index contributed by atoms with van der Waals surface area (Å²) < 4.78 is 5.48. The van der Waals surface area contributed by atoms with E-state index in [-0.39, 0.29) is 6.61 Å². The quantitative estimate of drug-likeness (QED) is 0.395. The van der Waals surface area contributed by atoms with Crippen LogP contribution >= 0.6 is 11.6 Å². The molecule has 1 amide bonds. The van der Waals surface area contributed by atoms with Crippen LogP contribution in [0, 0.1) is 0 Å². The number of amides is 1. The Kier molecular flexibility index (Phi) is 6.78. The van der Waals surface area contributed by atoms with Crippen LogP contribution in [-0.2, 0) is 12.8 Å². The minimum atomic E-state index is -0.464. The van der Waals surface area contributed by atoms with Crippen LogP contribution in [-0.4, -0.2) is 29.2 Å². The fourth-order valence-corrected chi connectivity index (χ4v) is 4.03. The third-order valence-corrected chi connectivity index (χ3v) is 5.76. The van der Waals surface area contributed by atoms with Gasteiger partial charge in [-0.2, -0.15) is 0 Å². The van der Waals surface area contributed by atoms with Gasteiger partial charge in [0.2, 0.25) is 0 Å². The first-order chi connectivity index (χ1) is 15.6. The highest BCUT2D eigenvalue weighted by molar-refractivity contribution is 6.30. The van der Waals surface area contributed by atoms with Gasteiger partial charge in [0, 0.05) is 35.2 Å². The third-order valence-electron chi connectivity index (χ3n) is 5.51. The average molecular weight is 449 g/mol. The lowest BCUT2D eigenvalue weighted by molar-refractivity contribution is 0.0997. The van der Waals surface area contributed by atoms with Crippen LogP contribution in [0.3, 0.4) is 0 Å². The van der Waals surface area contributed by atoms with Crippen molar-refractivity contribution in [2.45, 2.75) is 19.3 Å². The van der Waals surface area contributed by atoms with Crippen LogP contribution in [0.1, 0.15) is 27.9 Å². The highest BCUT2D eigenvalue weighted by Gasteiger charge is 2.21. The topological polar surface area (TPSA) is 88.3 Å². The summed E-state index contributed by atoms with van der Waals surface area (Å²) in [6, 6.07) is 19.5. The Balaban J connectivity index is 0.000000165. The molecule has 164 valence electrons. The molecule has 1 aliphatic heterocycles. The van der Waals surface area contributed by atoms with E-state index in [0.29, 0.717) is 22.9 Å². The molecule has 0 radical (unpaired) electrons. The van der Waals surface area contributed by atoms with Gasteiger partial charge in [-0.05, 0) is 65.4 Å². The van der Waals surface area contributed by atoms with E-state index in [1.807, 2.05) is 48.7 Å². The molecule has 0 saturated carbocycles. The largest absolute Gasteiger partial charge is 0.492 e. The SMILES string of the molecule is NC(=O)c1cc(-c2ccc(Cl)cc2)cc2c1OCC2.OCCCc1c[nH]c2ccccc12. The summed E-state index contributed by atoms with van der Waals surface area (Å²) in [6.07, 6.45) is 4.61. The van der Waals surface area contributed by atoms with Crippen molar-refractivity contribution in [3.63, 3.8) is 0 Å². The second kappa shape index (κ2) is 9.90. The fourth-order valence-electron chi connectivity index (χ4n) is 3.91. The molecule has 5 rings (SSSR count). The van der Waals surface area contributed by atoms with Crippen LogP contribution < -0.4 is 10.5 Å². The lowest BCUT2D eigenvalue weighted by Crippen LogP contribution is -2.12. The van der Waals surface area contributed by atoms with E-state index in [0.717, 1.165) is 36.0 Å². The first-order valence-electron chi connectivity index (χ1n) is 10.6. The Morgan fingerprint density at radius 1 is 1.09 bits per heavy atom. The normalized spacial score (nSPS) is 12.1. The van der Waals surface area contributed by atoms with Crippen molar-refractivity contribution >= 4 is 28.4 Å². The van der Waals surface area contributed by atoms with Gasteiger partial charge in [-0.1, -0.05) is 41.9 Å². The number of carbonyl (C=O) groups excluding carboxylic acids is 1. The van der Waals surface area contributed by atoms with E-state index in [1.54, 1.807) is 6.07 Å². The highest BCUT2D eigenvalue weighted by Crippen LogP contribution is 2.34. The lowest BCUT2D eigenvalue weighted by Gasteiger charge is -2.09. The fraction of sp³-hybridized carbons (Fsp3) is 0.192. The van der Waals surface area contributed by atoms with Crippen molar-refractivity contribution < 1.29 is 14.6 Å². The minimum Gasteiger partial charge on any atom is -0.492 e. The van der Waals surface area contributed by atoms with E-state index in [1.165, 1.54) is 16.5 Å². The van der Waals surface area contributed by atoms with Crippen molar-refractivity contribution in [2.24, 2.45) is 5.73 Å². The number of primary amides is 1. The molecule has 3 aromatic carbocycles. The lowest BCUT2D eigenvalue weighted by atomic mass is 9.98. The summed E-state index contributed by atoms with van der Waals surface area (Å²) in [7, 11) is 0. The van der Waals surface area contributed by atoms with Gasteiger partial charge < -0.3 is 20.6 Å². The van der Waals surface area contributed by atoms with Crippen molar-refractivity contribution in [1.82, 2.24) is 4.98 Å². The standard InChI is InChI=1S/C15H12ClNO2.C11H13NO/c16-12-3-1-9(2-4-12)11-7-10-5-6-19-14(10)13(8-11)15(17)18;13-7-3-4-9-8-12-11-6-2-1-5-10(9)11/h1-4,7-8H,5-6H2,(H2,17,18);1-2,5-6,8,12-13H,3-4,7H2. The summed E-state index contributed by atoms with van der Waals surface area (Å²) >= 11 is 5.88. The average Bonchev–Trinajstić information content (AvgIpc) is 3.45. The van der Waals surface area contributed by atoms with Crippen molar-refractivity contribution in [2.75, 3.05) is 13.2 Å². The number of nitrogens with two attached hydrogens (primary N) is 1. The third kappa shape index (κ3) is 4.79. The summed E-state index contributed by atoms with van der Waals surface area (Å²) in [5.74, 6) is 0.166. The Bertz CT molecular complexity index is 1230. The smallest absolute Gasteiger partial charge is 0.252 e. The monoisotopic (exact) mass is 448 g/mol. The van der Waals surface area contributed by atoms with Gasteiger partial charge in [-0.3, -0.25) is 4.79 Å². The summed E-state index contributed by atoms with van der Waals surface area (Å²) in [4.78, 5) is 14.7. The van der Waals surface area contributed by atoms with Gasteiger partial charge >= 0.3 is 0 Å². The summed E-state index contributed by atoms with van der Waals surface area (Å²) in [5.41, 5.74) is 11.3. The molecule has 4 N–H and O–H groups in total. The maximum absolute atomic E-state index is 11.5. The minimum absolute atomic E-state index is 0.263.